The number of anilines is 1. The van der Waals surface area contributed by atoms with Gasteiger partial charge in [-0.1, -0.05) is 47.5 Å². The highest BCUT2D eigenvalue weighted by molar-refractivity contribution is 9.10. The monoisotopic (exact) mass is 411 g/mol. The van der Waals surface area contributed by atoms with Gasteiger partial charge < -0.3 is 9.64 Å². The molecular formula is C17H18BrNO4S. The van der Waals surface area contributed by atoms with E-state index in [0.29, 0.717) is 24.3 Å². The van der Waals surface area contributed by atoms with Gasteiger partial charge >= 0.3 is 0 Å². The van der Waals surface area contributed by atoms with E-state index in [-0.39, 0.29) is 6.73 Å². The van der Waals surface area contributed by atoms with Gasteiger partial charge in [0, 0.05) is 4.47 Å². The molecule has 7 heteroatoms. The minimum atomic E-state index is -4.20. The highest BCUT2D eigenvalue weighted by atomic mass is 79.9. The second-order valence-corrected chi connectivity index (χ2v) is 8.18. The summed E-state index contributed by atoms with van der Waals surface area (Å²) in [5.41, 5.74) is 2.67. The van der Waals surface area contributed by atoms with Gasteiger partial charge in [-0.3, -0.25) is 4.55 Å². The van der Waals surface area contributed by atoms with E-state index in [1.54, 1.807) is 4.90 Å². The molecule has 2 aromatic rings. The Morgan fingerprint density at radius 3 is 2.50 bits per heavy atom. The van der Waals surface area contributed by atoms with Crippen molar-refractivity contribution in [2.75, 3.05) is 11.6 Å². The van der Waals surface area contributed by atoms with Crippen LogP contribution in [0.4, 0.5) is 5.69 Å². The van der Waals surface area contributed by atoms with Gasteiger partial charge in [0.15, 0.2) is 12.1 Å². The average Bonchev–Trinajstić information content (AvgIpc) is 2.95. The first-order valence-corrected chi connectivity index (χ1v) is 9.95. The van der Waals surface area contributed by atoms with E-state index in [0.717, 1.165) is 15.6 Å². The third kappa shape index (κ3) is 3.43. The molecule has 3 rings (SSSR count). The molecule has 0 spiro atoms. The molecule has 0 aliphatic carbocycles. The van der Waals surface area contributed by atoms with Crippen molar-refractivity contribution in [3.8, 4) is 16.9 Å². The third-order valence-electron chi connectivity index (χ3n) is 4.03. The predicted octanol–water partition coefficient (Wildman–Crippen LogP) is 4.29. The SMILES string of the molecule is CCCC(N1COc2ccc(-c3ccc(Br)cc3)cc21)S(=O)(=O)O. The Hall–Kier alpha value is -1.57. The summed E-state index contributed by atoms with van der Waals surface area (Å²) in [6.07, 6.45) is 0.979. The van der Waals surface area contributed by atoms with Crippen LogP contribution in [0.15, 0.2) is 46.9 Å². The Morgan fingerprint density at radius 2 is 1.88 bits per heavy atom. The normalized spacial score (nSPS) is 15.0. The van der Waals surface area contributed by atoms with Crippen molar-refractivity contribution >= 4 is 31.7 Å². The lowest BCUT2D eigenvalue weighted by Crippen LogP contribution is -2.40. The maximum absolute atomic E-state index is 11.8. The third-order valence-corrected chi connectivity index (χ3v) is 5.74. The Bertz CT molecular complexity index is 836. The summed E-state index contributed by atoms with van der Waals surface area (Å²) in [6.45, 7) is 2.00. The van der Waals surface area contributed by atoms with Crippen LogP contribution < -0.4 is 9.64 Å². The number of benzene rings is 2. The van der Waals surface area contributed by atoms with Crippen LogP contribution in [0.25, 0.3) is 11.1 Å². The van der Waals surface area contributed by atoms with E-state index < -0.39 is 15.5 Å². The molecule has 1 aliphatic heterocycles. The van der Waals surface area contributed by atoms with Gasteiger partial charge in [0.25, 0.3) is 10.1 Å². The Morgan fingerprint density at radius 1 is 1.21 bits per heavy atom. The zero-order valence-corrected chi connectivity index (χ0v) is 15.5. The van der Waals surface area contributed by atoms with Crippen LogP contribution in [0.1, 0.15) is 19.8 Å². The van der Waals surface area contributed by atoms with Gasteiger partial charge in [0.1, 0.15) is 5.75 Å². The van der Waals surface area contributed by atoms with Crippen LogP contribution in [0.5, 0.6) is 5.75 Å². The van der Waals surface area contributed by atoms with Crippen molar-refractivity contribution < 1.29 is 17.7 Å². The molecule has 128 valence electrons. The molecule has 0 amide bonds. The van der Waals surface area contributed by atoms with Crippen molar-refractivity contribution in [2.45, 2.75) is 25.1 Å². The summed E-state index contributed by atoms with van der Waals surface area (Å²) in [4.78, 5) is 1.61. The fourth-order valence-electron chi connectivity index (χ4n) is 2.85. The number of nitrogens with zero attached hydrogens (tertiary/aromatic N) is 1. The largest absolute Gasteiger partial charge is 0.471 e. The smallest absolute Gasteiger partial charge is 0.286 e. The molecule has 0 fully saturated rings. The summed E-state index contributed by atoms with van der Waals surface area (Å²) in [5, 5.41) is -0.996. The number of fused-ring (bicyclic) bond motifs is 1. The number of halogens is 1. The number of rotatable bonds is 5. The maximum atomic E-state index is 11.8. The Balaban J connectivity index is 2.00. The molecule has 1 heterocycles. The van der Waals surface area contributed by atoms with Crippen molar-refractivity contribution in [1.82, 2.24) is 0 Å². The quantitative estimate of drug-likeness (QED) is 0.743. The van der Waals surface area contributed by atoms with Crippen LogP contribution >= 0.6 is 15.9 Å². The second kappa shape index (κ2) is 6.74. The molecule has 1 atom stereocenters. The summed E-state index contributed by atoms with van der Waals surface area (Å²) in [7, 11) is -4.20. The summed E-state index contributed by atoms with van der Waals surface area (Å²) >= 11 is 3.41. The highest BCUT2D eigenvalue weighted by Crippen LogP contribution is 2.40. The first kappa shape index (κ1) is 17.3. The van der Waals surface area contributed by atoms with E-state index in [1.807, 2.05) is 49.4 Å². The van der Waals surface area contributed by atoms with E-state index in [4.69, 9.17) is 4.74 Å². The maximum Gasteiger partial charge on any atom is 0.286 e. The lowest BCUT2D eigenvalue weighted by atomic mass is 10.0. The zero-order valence-electron chi connectivity index (χ0n) is 13.1. The van der Waals surface area contributed by atoms with E-state index >= 15 is 0 Å². The molecule has 0 aromatic heterocycles. The van der Waals surface area contributed by atoms with Crippen LogP contribution in [-0.4, -0.2) is 25.1 Å². The number of hydrogen-bond acceptors (Lipinski definition) is 4. The van der Waals surface area contributed by atoms with Crippen LogP contribution in [0, 0.1) is 0 Å². The van der Waals surface area contributed by atoms with Gasteiger partial charge in [-0.15, -0.1) is 0 Å². The van der Waals surface area contributed by atoms with Crippen molar-refractivity contribution in [3.05, 3.63) is 46.9 Å². The predicted molar refractivity (Wildman–Crippen MR) is 97.8 cm³/mol. The molecule has 0 radical (unpaired) electrons. The Kier molecular flexibility index (Phi) is 4.85. The van der Waals surface area contributed by atoms with E-state index in [2.05, 4.69) is 15.9 Å². The van der Waals surface area contributed by atoms with Gasteiger partial charge in [-0.25, -0.2) is 0 Å². The molecule has 1 unspecified atom stereocenters. The fourth-order valence-corrected chi connectivity index (χ4v) is 4.14. The summed E-state index contributed by atoms with van der Waals surface area (Å²) < 4.78 is 39.7. The number of ether oxygens (including phenoxy) is 1. The van der Waals surface area contributed by atoms with Crippen molar-refractivity contribution in [3.63, 3.8) is 0 Å². The zero-order chi connectivity index (χ0) is 17.3. The van der Waals surface area contributed by atoms with Crippen LogP contribution in [0.2, 0.25) is 0 Å². The molecular weight excluding hydrogens is 394 g/mol. The average molecular weight is 412 g/mol. The Labute approximate surface area is 150 Å². The van der Waals surface area contributed by atoms with Gasteiger partial charge in [0.05, 0.1) is 5.69 Å². The van der Waals surface area contributed by atoms with Gasteiger partial charge in [-0.2, -0.15) is 8.42 Å². The molecule has 1 aliphatic rings. The molecule has 1 N–H and O–H groups in total. The van der Waals surface area contributed by atoms with E-state index in [1.165, 1.54) is 0 Å². The molecule has 2 aromatic carbocycles. The van der Waals surface area contributed by atoms with Crippen molar-refractivity contribution in [1.29, 1.82) is 0 Å². The minimum absolute atomic E-state index is 0.115. The molecule has 0 saturated carbocycles. The summed E-state index contributed by atoms with van der Waals surface area (Å²) in [5.74, 6) is 0.626. The molecule has 0 saturated heterocycles. The molecule has 0 bridgehead atoms. The second-order valence-electron chi connectivity index (χ2n) is 5.69. The lowest BCUT2D eigenvalue weighted by molar-refractivity contribution is 0.336. The lowest BCUT2D eigenvalue weighted by Gasteiger charge is -2.25. The van der Waals surface area contributed by atoms with Crippen LogP contribution in [0.3, 0.4) is 0 Å². The minimum Gasteiger partial charge on any atom is -0.471 e. The summed E-state index contributed by atoms with van der Waals surface area (Å²) in [6, 6.07) is 13.5. The van der Waals surface area contributed by atoms with Gasteiger partial charge in [-0.05, 0) is 41.8 Å². The van der Waals surface area contributed by atoms with Crippen molar-refractivity contribution in [2.24, 2.45) is 0 Å². The highest BCUT2D eigenvalue weighted by Gasteiger charge is 2.34. The van der Waals surface area contributed by atoms with E-state index in [9.17, 15) is 13.0 Å². The number of hydrogen-bond donors (Lipinski definition) is 1. The van der Waals surface area contributed by atoms with Crippen LogP contribution in [-0.2, 0) is 10.1 Å². The standard InChI is InChI=1S/C17H18BrNO4S/c1-2-3-17(24(20,21)22)19-11-23-16-9-6-13(10-15(16)19)12-4-7-14(18)8-5-12/h4-10,17H,2-3,11H2,1H3,(H,20,21,22). The first-order valence-electron chi connectivity index (χ1n) is 7.66. The topological polar surface area (TPSA) is 66.8 Å². The van der Waals surface area contributed by atoms with Gasteiger partial charge in [0.2, 0.25) is 0 Å². The molecule has 24 heavy (non-hydrogen) atoms. The fraction of sp³-hybridized carbons (Fsp3) is 0.294. The first-order chi connectivity index (χ1) is 11.4. The molecule has 5 nitrogen and oxygen atoms in total.